The quantitative estimate of drug-likeness (QED) is 0.872. The van der Waals surface area contributed by atoms with Crippen molar-refractivity contribution in [2.75, 3.05) is 6.54 Å². The molecule has 1 aromatic heterocycles. The molecule has 5 nitrogen and oxygen atoms in total. The average molecular weight is 323 g/mol. The number of oxazole rings is 1. The van der Waals surface area contributed by atoms with Gasteiger partial charge in [0.2, 0.25) is 5.91 Å². The SMILES string of the molecule is CC[C@H]1CCCCN1C(=O)Cn1c(=O)oc2cc(Cl)ccc21. The van der Waals surface area contributed by atoms with Gasteiger partial charge in [0.1, 0.15) is 6.54 Å². The van der Waals surface area contributed by atoms with Crippen molar-refractivity contribution in [2.45, 2.75) is 45.2 Å². The number of rotatable bonds is 3. The molecule has 0 saturated carbocycles. The Labute approximate surface area is 133 Å². The predicted molar refractivity (Wildman–Crippen MR) is 85.1 cm³/mol. The summed E-state index contributed by atoms with van der Waals surface area (Å²) in [5.41, 5.74) is 1.02. The fourth-order valence-electron chi connectivity index (χ4n) is 3.17. The standard InChI is InChI=1S/C16H19ClN2O3/c1-2-12-5-3-4-8-18(12)15(20)10-19-13-7-6-11(17)9-14(13)22-16(19)21/h6-7,9,12H,2-5,8,10H2,1H3/t12-/m0/s1. The van der Waals surface area contributed by atoms with Crippen molar-refractivity contribution in [1.29, 1.82) is 0 Å². The minimum Gasteiger partial charge on any atom is -0.408 e. The molecule has 1 amide bonds. The molecule has 0 aliphatic carbocycles. The maximum atomic E-state index is 12.6. The van der Waals surface area contributed by atoms with Crippen molar-refractivity contribution in [2.24, 2.45) is 0 Å². The van der Waals surface area contributed by atoms with Crippen molar-refractivity contribution in [1.82, 2.24) is 9.47 Å². The fraction of sp³-hybridized carbons (Fsp3) is 0.500. The number of halogens is 1. The van der Waals surface area contributed by atoms with E-state index < -0.39 is 5.76 Å². The number of amides is 1. The number of carbonyl (C=O) groups excluding carboxylic acids is 1. The molecule has 0 bridgehead atoms. The lowest BCUT2D eigenvalue weighted by molar-refractivity contribution is -0.135. The van der Waals surface area contributed by atoms with E-state index in [1.165, 1.54) is 4.57 Å². The van der Waals surface area contributed by atoms with E-state index in [0.717, 1.165) is 32.2 Å². The van der Waals surface area contributed by atoms with Crippen LogP contribution in [0.4, 0.5) is 0 Å². The first-order valence-corrected chi connectivity index (χ1v) is 8.06. The Morgan fingerprint density at radius 3 is 3.00 bits per heavy atom. The van der Waals surface area contributed by atoms with Crippen molar-refractivity contribution >= 4 is 28.6 Å². The summed E-state index contributed by atoms with van der Waals surface area (Å²) in [6, 6.07) is 5.28. The molecule has 0 spiro atoms. The highest BCUT2D eigenvalue weighted by Crippen LogP contribution is 2.21. The second-order valence-corrected chi connectivity index (χ2v) is 6.15. The van der Waals surface area contributed by atoms with Gasteiger partial charge in [0.05, 0.1) is 5.52 Å². The van der Waals surface area contributed by atoms with E-state index in [-0.39, 0.29) is 18.5 Å². The van der Waals surface area contributed by atoms with Crippen molar-refractivity contribution in [3.05, 3.63) is 33.8 Å². The topological polar surface area (TPSA) is 55.5 Å². The van der Waals surface area contributed by atoms with Crippen LogP contribution < -0.4 is 5.76 Å². The predicted octanol–water partition coefficient (Wildman–Crippen LogP) is 3.04. The largest absolute Gasteiger partial charge is 0.420 e. The van der Waals surface area contributed by atoms with Crippen LogP contribution in [0.5, 0.6) is 0 Å². The van der Waals surface area contributed by atoms with Gasteiger partial charge in [-0.05, 0) is 37.8 Å². The summed E-state index contributed by atoms with van der Waals surface area (Å²) in [7, 11) is 0. The first-order valence-electron chi connectivity index (χ1n) is 7.68. The molecule has 0 radical (unpaired) electrons. The summed E-state index contributed by atoms with van der Waals surface area (Å²) in [6.45, 7) is 2.88. The normalized spacial score (nSPS) is 18.8. The van der Waals surface area contributed by atoms with Crippen LogP contribution in [0.1, 0.15) is 32.6 Å². The summed E-state index contributed by atoms with van der Waals surface area (Å²) < 4.78 is 6.56. The zero-order valence-electron chi connectivity index (χ0n) is 12.5. The Balaban J connectivity index is 1.88. The smallest absolute Gasteiger partial charge is 0.408 e. The number of likely N-dealkylation sites (tertiary alicyclic amines) is 1. The zero-order valence-corrected chi connectivity index (χ0v) is 13.3. The van der Waals surface area contributed by atoms with Crippen molar-refractivity contribution in [3.63, 3.8) is 0 Å². The molecule has 1 aliphatic heterocycles. The van der Waals surface area contributed by atoms with Gasteiger partial charge in [-0.15, -0.1) is 0 Å². The molecule has 0 unspecified atom stereocenters. The first kappa shape index (κ1) is 15.2. The molecule has 2 heterocycles. The maximum Gasteiger partial charge on any atom is 0.420 e. The Bertz CT molecular complexity index is 749. The minimum absolute atomic E-state index is 0.0178. The number of hydrogen-bond acceptors (Lipinski definition) is 3. The van der Waals surface area contributed by atoms with Gasteiger partial charge in [-0.1, -0.05) is 18.5 Å². The van der Waals surface area contributed by atoms with Crippen LogP contribution >= 0.6 is 11.6 Å². The molecule has 118 valence electrons. The highest BCUT2D eigenvalue weighted by Gasteiger charge is 2.26. The second kappa shape index (κ2) is 6.16. The van der Waals surface area contributed by atoms with Crippen molar-refractivity contribution in [3.8, 4) is 0 Å². The van der Waals surface area contributed by atoms with Crippen molar-refractivity contribution < 1.29 is 9.21 Å². The van der Waals surface area contributed by atoms with Gasteiger partial charge < -0.3 is 9.32 Å². The Hall–Kier alpha value is -1.75. The van der Waals surface area contributed by atoms with E-state index in [1.807, 2.05) is 4.90 Å². The lowest BCUT2D eigenvalue weighted by Gasteiger charge is -2.35. The molecule has 1 aliphatic rings. The third-order valence-electron chi connectivity index (χ3n) is 4.34. The molecular weight excluding hydrogens is 304 g/mol. The van der Waals surface area contributed by atoms with Gasteiger partial charge in [0.15, 0.2) is 5.58 Å². The van der Waals surface area contributed by atoms with E-state index >= 15 is 0 Å². The third kappa shape index (κ3) is 2.77. The summed E-state index contributed by atoms with van der Waals surface area (Å²) >= 11 is 5.90. The van der Waals surface area contributed by atoms with Gasteiger partial charge in [-0.25, -0.2) is 4.79 Å². The number of aromatic nitrogens is 1. The molecule has 0 N–H and O–H groups in total. The summed E-state index contributed by atoms with van der Waals surface area (Å²) in [5.74, 6) is -0.540. The average Bonchev–Trinajstić information content (AvgIpc) is 2.82. The number of piperidine rings is 1. The fourth-order valence-corrected chi connectivity index (χ4v) is 3.33. The molecular formula is C16H19ClN2O3. The van der Waals surface area contributed by atoms with Gasteiger partial charge >= 0.3 is 5.76 Å². The number of benzene rings is 1. The van der Waals surface area contributed by atoms with E-state index in [4.69, 9.17) is 16.0 Å². The first-order chi connectivity index (χ1) is 10.6. The lowest BCUT2D eigenvalue weighted by atomic mass is 10.00. The zero-order chi connectivity index (χ0) is 15.7. The van der Waals surface area contributed by atoms with E-state index in [9.17, 15) is 9.59 Å². The second-order valence-electron chi connectivity index (χ2n) is 5.71. The molecule has 1 fully saturated rings. The lowest BCUT2D eigenvalue weighted by Crippen LogP contribution is -2.45. The number of carbonyl (C=O) groups is 1. The van der Waals surface area contributed by atoms with E-state index in [0.29, 0.717) is 16.1 Å². The van der Waals surface area contributed by atoms with E-state index in [1.54, 1.807) is 18.2 Å². The minimum atomic E-state index is -0.518. The molecule has 1 atom stereocenters. The van der Waals surface area contributed by atoms with Crippen LogP contribution in [0.3, 0.4) is 0 Å². The molecule has 2 aromatic rings. The molecule has 1 aromatic carbocycles. The Morgan fingerprint density at radius 1 is 1.41 bits per heavy atom. The number of fused-ring (bicyclic) bond motifs is 1. The number of nitrogens with zero attached hydrogens (tertiary/aromatic N) is 2. The van der Waals surface area contributed by atoms with Gasteiger partial charge in [-0.2, -0.15) is 0 Å². The Morgan fingerprint density at radius 2 is 2.23 bits per heavy atom. The van der Waals surface area contributed by atoms with Crippen LogP contribution in [0, 0.1) is 0 Å². The third-order valence-corrected chi connectivity index (χ3v) is 4.58. The molecule has 22 heavy (non-hydrogen) atoms. The van der Waals surface area contributed by atoms with Gasteiger partial charge in [0, 0.05) is 23.7 Å². The summed E-state index contributed by atoms with van der Waals surface area (Å²) in [6.07, 6.45) is 4.18. The molecule has 6 heteroatoms. The highest BCUT2D eigenvalue weighted by atomic mass is 35.5. The van der Waals surface area contributed by atoms with Gasteiger partial charge in [0.25, 0.3) is 0 Å². The van der Waals surface area contributed by atoms with Crippen LogP contribution in [0.2, 0.25) is 5.02 Å². The molecule has 3 rings (SSSR count). The number of hydrogen-bond donors (Lipinski definition) is 0. The van der Waals surface area contributed by atoms with Crippen LogP contribution in [-0.2, 0) is 11.3 Å². The van der Waals surface area contributed by atoms with Gasteiger partial charge in [-0.3, -0.25) is 9.36 Å². The van der Waals surface area contributed by atoms with Crippen LogP contribution in [-0.4, -0.2) is 28.0 Å². The highest BCUT2D eigenvalue weighted by molar-refractivity contribution is 6.31. The monoisotopic (exact) mass is 322 g/mol. The Kier molecular flexibility index (Phi) is 4.25. The maximum absolute atomic E-state index is 12.6. The summed E-state index contributed by atoms with van der Waals surface area (Å²) in [4.78, 5) is 26.5. The van der Waals surface area contributed by atoms with Crippen LogP contribution in [0.15, 0.2) is 27.4 Å². The van der Waals surface area contributed by atoms with E-state index in [2.05, 4.69) is 6.92 Å². The summed E-state index contributed by atoms with van der Waals surface area (Å²) in [5, 5.41) is 0.502. The molecule has 1 saturated heterocycles. The van der Waals surface area contributed by atoms with Crippen LogP contribution in [0.25, 0.3) is 11.1 Å².